The summed E-state index contributed by atoms with van der Waals surface area (Å²) in [6, 6.07) is 8.03. The van der Waals surface area contributed by atoms with Crippen LogP contribution in [0.1, 0.15) is 58.1 Å². The molecule has 4 nitrogen and oxygen atoms in total. The van der Waals surface area contributed by atoms with Crippen LogP contribution in [0, 0.1) is 12.3 Å². The van der Waals surface area contributed by atoms with Crippen LogP contribution in [0.3, 0.4) is 0 Å². The molecule has 1 heterocycles. The zero-order chi connectivity index (χ0) is 18.8. The number of rotatable bonds is 6. The van der Waals surface area contributed by atoms with Crippen molar-refractivity contribution in [3.8, 4) is 0 Å². The number of aliphatic carboxylic acids is 1. The number of hydrogen-bond acceptors (Lipinski definition) is 3. The van der Waals surface area contributed by atoms with Crippen molar-refractivity contribution in [1.82, 2.24) is 0 Å². The number of aryl methyl sites for hydroxylation is 1. The minimum Gasteiger partial charge on any atom is -0.481 e. The van der Waals surface area contributed by atoms with E-state index in [-0.39, 0.29) is 12.4 Å². The Labute approximate surface area is 163 Å². The zero-order valence-electron chi connectivity index (χ0n) is 16.4. The first kappa shape index (κ1) is 22.4. The van der Waals surface area contributed by atoms with E-state index in [4.69, 9.17) is 10.7 Å². The molecule has 0 radical (unpaired) electrons. The normalized spacial score (nSPS) is 21.8. The number of unbranched alkanes of at least 4 members (excludes halogenated alkanes) is 1. The fraction of sp³-hybridized carbons (Fsp3) is 0.524. The second kappa shape index (κ2) is 8.36. The fourth-order valence-corrected chi connectivity index (χ4v) is 3.59. The van der Waals surface area contributed by atoms with Crippen LogP contribution in [0.2, 0.25) is 0 Å². The summed E-state index contributed by atoms with van der Waals surface area (Å²) in [4.78, 5) is 17.3. The van der Waals surface area contributed by atoms with Crippen LogP contribution in [-0.2, 0) is 4.79 Å². The second-order valence-electron chi connectivity index (χ2n) is 7.57. The lowest BCUT2D eigenvalue weighted by molar-refractivity contribution is -0.147. The first-order valence-corrected chi connectivity index (χ1v) is 9.02. The van der Waals surface area contributed by atoms with Crippen LogP contribution < -0.4 is 5.73 Å². The summed E-state index contributed by atoms with van der Waals surface area (Å²) in [6.45, 7) is 10.1. The molecule has 1 aromatic rings. The largest absolute Gasteiger partial charge is 0.481 e. The molecule has 0 bridgehead atoms. The minimum atomic E-state index is -1.13. The first-order chi connectivity index (χ1) is 11.7. The molecule has 1 aromatic carbocycles. The number of benzene rings is 1. The van der Waals surface area contributed by atoms with Gasteiger partial charge in [-0.2, -0.15) is 0 Å². The number of halogens is 1. The Morgan fingerprint density at radius 3 is 2.23 bits per heavy atom. The van der Waals surface area contributed by atoms with E-state index in [0.717, 1.165) is 47.2 Å². The molecule has 3 N–H and O–H groups in total. The second-order valence-corrected chi connectivity index (χ2v) is 7.57. The number of nitrogens with zero attached hydrogens (tertiary/aromatic N) is 1. The lowest BCUT2D eigenvalue weighted by Crippen LogP contribution is -2.51. The molecule has 0 saturated heterocycles. The summed E-state index contributed by atoms with van der Waals surface area (Å²) < 4.78 is 0. The standard InChI is InChI=1S/C21H30N2O2.ClH/c1-6-7-8-17-16(13-22)18(15-11-9-14(2)10-12-15)21(5,19(24)25)20(3,4)23-17;/h9-12H,6-8,13,22H2,1-5H3,(H,24,25);1H. The number of carboxylic acid groups (broad SMARTS) is 1. The molecule has 1 aliphatic rings. The van der Waals surface area contributed by atoms with Crippen molar-refractivity contribution in [2.24, 2.45) is 16.1 Å². The van der Waals surface area contributed by atoms with Crippen LogP contribution in [0.4, 0.5) is 0 Å². The summed E-state index contributed by atoms with van der Waals surface area (Å²) in [5, 5.41) is 10.2. The van der Waals surface area contributed by atoms with Gasteiger partial charge in [-0.1, -0.05) is 43.2 Å². The molecule has 1 atom stereocenters. The highest BCUT2D eigenvalue weighted by molar-refractivity contribution is 6.13. The molecular weight excluding hydrogens is 348 g/mol. The Bertz CT molecular complexity index is 720. The van der Waals surface area contributed by atoms with E-state index in [9.17, 15) is 9.90 Å². The van der Waals surface area contributed by atoms with Crippen molar-refractivity contribution in [3.63, 3.8) is 0 Å². The van der Waals surface area contributed by atoms with Crippen LogP contribution in [-0.4, -0.2) is 28.9 Å². The highest BCUT2D eigenvalue weighted by Gasteiger charge is 2.54. The molecule has 1 aliphatic heterocycles. The van der Waals surface area contributed by atoms with Gasteiger partial charge in [-0.05, 0) is 57.2 Å². The smallest absolute Gasteiger partial charge is 0.316 e. The molecule has 2 rings (SSSR count). The van der Waals surface area contributed by atoms with Gasteiger partial charge in [0.05, 0.1) is 5.54 Å². The zero-order valence-corrected chi connectivity index (χ0v) is 17.2. The lowest BCUT2D eigenvalue weighted by atomic mass is 9.62. The van der Waals surface area contributed by atoms with Crippen molar-refractivity contribution in [1.29, 1.82) is 0 Å². The Balaban J connectivity index is 0.00000338. The maximum Gasteiger partial charge on any atom is 0.316 e. The molecule has 0 amide bonds. The molecule has 5 heteroatoms. The Morgan fingerprint density at radius 1 is 1.19 bits per heavy atom. The first-order valence-electron chi connectivity index (χ1n) is 9.02. The maximum atomic E-state index is 12.4. The predicted octanol–water partition coefficient (Wildman–Crippen LogP) is 4.64. The van der Waals surface area contributed by atoms with Gasteiger partial charge >= 0.3 is 5.97 Å². The monoisotopic (exact) mass is 378 g/mol. The maximum absolute atomic E-state index is 12.4. The van der Waals surface area contributed by atoms with Crippen molar-refractivity contribution in [2.45, 2.75) is 59.4 Å². The number of dihydropyridines is 1. The highest BCUT2D eigenvalue weighted by Crippen LogP contribution is 2.50. The molecule has 144 valence electrons. The van der Waals surface area contributed by atoms with Crippen molar-refractivity contribution >= 4 is 29.7 Å². The Kier molecular flexibility index (Phi) is 7.20. The van der Waals surface area contributed by atoms with Gasteiger partial charge in [0.2, 0.25) is 0 Å². The van der Waals surface area contributed by atoms with E-state index < -0.39 is 16.9 Å². The van der Waals surface area contributed by atoms with Gasteiger partial charge in [-0.15, -0.1) is 12.4 Å². The van der Waals surface area contributed by atoms with E-state index in [1.165, 1.54) is 0 Å². The number of nitrogens with two attached hydrogens (primary N) is 1. The van der Waals surface area contributed by atoms with Crippen molar-refractivity contribution in [2.75, 3.05) is 6.54 Å². The van der Waals surface area contributed by atoms with Gasteiger partial charge < -0.3 is 10.8 Å². The number of carboxylic acids is 1. The predicted molar refractivity (Wildman–Crippen MR) is 111 cm³/mol. The van der Waals surface area contributed by atoms with Crippen molar-refractivity contribution in [3.05, 3.63) is 41.0 Å². The third-order valence-corrected chi connectivity index (χ3v) is 5.53. The van der Waals surface area contributed by atoms with Gasteiger partial charge in [0.15, 0.2) is 0 Å². The number of aliphatic imine (C=N–C) groups is 1. The third-order valence-electron chi connectivity index (χ3n) is 5.53. The lowest BCUT2D eigenvalue weighted by Gasteiger charge is -2.45. The van der Waals surface area contributed by atoms with Gasteiger partial charge in [0, 0.05) is 12.3 Å². The molecule has 26 heavy (non-hydrogen) atoms. The van der Waals surface area contributed by atoms with E-state index in [1.54, 1.807) is 6.92 Å². The van der Waals surface area contributed by atoms with Crippen LogP contribution >= 0.6 is 12.4 Å². The van der Waals surface area contributed by atoms with E-state index in [2.05, 4.69) is 6.92 Å². The molecule has 1 unspecified atom stereocenters. The SMILES string of the molecule is CCCCC1=NC(C)(C)C(C)(C(=O)O)C(c2ccc(C)cc2)=C1CN.Cl. The van der Waals surface area contributed by atoms with Gasteiger partial charge in [0.25, 0.3) is 0 Å². The average molecular weight is 379 g/mol. The summed E-state index contributed by atoms with van der Waals surface area (Å²) in [7, 11) is 0. The van der Waals surface area contributed by atoms with Gasteiger partial charge in [-0.25, -0.2) is 0 Å². The minimum absolute atomic E-state index is 0. The Morgan fingerprint density at radius 2 is 1.77 bits per heavy atom. The molecule has 0 saturated carbocycles. The Hall–Kier alpha value is -1.65. The summed E-state index contributed by atoms with van der Waals surface area (Å²) >= 11 is 0. The van der Waals surface area contributed by atoms with Crippen LogP contribution in [0.5, 0.6) is 0 Å². The molecule has 0 spiro atoms. The van der Waals surface area contributed by atoms with E-state index >= 15 is 0 Å². The highest BCUT2D eigenvalue weighted by atomic mass is 35.5. The molecule has 0 aliphatic carbocycles. The van der Waals surface area contributed by atoms with Gasteiger partial charge in [0.1, 0.15) is 5.41 Å². The quantitative estimate of drug-likeness (QED) is 0.756. The summed E-state index contributed by atoms with van der Waals surface area (Å²) in [6.07, 6.45) is 2.91. The van der Waals surface area contributed by atoms with E-state index in [1.807, 2.05) is 45.0 Å². The number of hydrogen-bond donors (Lipinski definition) is 2. The molecule has 0 fully saturated rings. The van der Waals surface area contributed by atoms with Crippen LogP contribution in [0.25, 0.3) is 5.57 Å². The van der Waals surface area contributed by atoms with Gasteiger partial charge in [-0.3, -0.25) is 9.79 Å². The molecular formula is C21H31ClN2O2. The van der Waals surface area contributed by atoms with Crippen molar-refractivity contribution < 1.29 is 9.90 Å². The fourth-order valence-electron chi connectivity index (χ4n) is 3.59. The summed E-state index contributed by atoms with van der Waals surface area (Å²) in [5.41, 5.74) is 8.95. The molecule has 0 aromatic heterocycles. The number of carbonyl (C=O) groups is 1. The summed E-state index contributed by atoms with van der Waals surface area (Å²) in [5.74, 6) is -0.864. The topological polar surface area (TPSA) is 75.7 Å². The average Bonchev–Trinajstić information content (AvgIpc) is 2.55. The third kappa shape index (κ3) is 3.72. The van der Waals surface area contributed by atoms with E-state index in [0.29, 0.717) is 6.54 Å². The van der Waals surface area contributed by atoms with Crippen LogP contribution in [0.15, 0.2) is 34.8 Å².